The summed E-state index contributed by atoms with van der Waals surface area (Å²) in [5, 5.41) is 11.8. The van der Waals surface area contributed by atoms with Crippen LogP contribution in [0.2, 0.25) is 0 Å². The van der Waals surface area contributed by atoms with Gasteiger partial charge in [-0.05, 0) is 24.0 Å². The van der Waals surface area contributed by atoms with Crippen LogP contribution in [0.25, 0.3) is 0 Å². The predicted octanol–water partition coefficient (Wildman–Crippen LogP) is 3.09. The molecule has 0 saturated carbocycles. The lowest BCUT2D eigenvalue weighted by Crippen LogP contribution is -2.52. The van der Waals surface area contributed by atoms with Crippen molar-refractivity contribution in [3.05, 3.63) is 71.8 Å². The molecule has 2 aliphatic heterocycles. The second-order valence-electron chi connectivity index (χ2n) is 8.83. The lowest BCUT2D eigenvalue weighted by Gasteiger charge is -2.34. The van der Waals surface area contributed by atoms with Crippen molar-refractivity contribution in [1.29, 1.82) is 0 Å². The first-order valence-electron chi connectivity index (χ1n) is 10.8. The topological polar surface area (TPSA) is 76.1 Å². The molecule has 6 heteroatoms. The van der Waals surface area contributed by atoms with E-state index in [9.17, 15) is 14.7 Å². The molecule has 2 atom stereocenters. The Morgan fingerprint density at radius 3 is 2.13 bits per heavy atom. The minimum Gasteiger partial charge on any atom is -0.465 e. The Bertz CT molecular complexity index is 921. The van der Waals surface area contributed by atoms with Gasteiger partial charge < -0.3 is 19.5 Å². The Balaban J connectivity index is 1.90. The second kappa shape index (κ2) is 7.77. The molecule has 2 saturated heterocycles. The molecule has 1 amide bonds. The summed E-state index contributed by atoms with van der Waals surface area (Å²) in [4.78, 5) is 28.6. The standard InChI is InChI=1S/C25H29NO5/c1-4-30-22(28)23-16-24(19-11-7-5-8-12-19,20-13-9-6-10-14-20)31-25(23,29)17-26(21(23)27)15-18(2)3/h5-14,18,29H,4,15-17H2,1-3H3/t23-,25+/m0/s1. The molecule has 0 bridgehead atoms. The summed E-state index contributed by atoms with van der Waals surface area (Å²) in [7, 11) is 0. The van der Waals surface area contributed by atoms with E-state index in [-0.39, 0.29) is 25.5 Å². The monoisotopic (exact) mass is 423 g/mol. The van der Waals surface area contributed by atoms with E-state index in [1.165, 1.54) is 4.90 Å². The van der Waals surface area contributed by atoms with Crippen molar-refractivity contribution in [2.45, 2.75) is 38.6 Å². The Kier molecular flexibility index (Phi) is 5.40. The molecular weight excluding hydrogens is 394 g/mol. The predicted molar refractivity (Wildman–Crippen MR) is 115 cm³/mol. The lowest BCUT2D eigenvalue weighted by molar-refractivity contribution is -0.239. The number of carbonyl (C=O) groups excluding carboxylic acids is 2. The SMILES string of the molecule is CCOC(=O)[C@@]12CC(c3ccccc3)(c3ccccc3)O[C@]1(O)CN(CC(C)C)C2=O. The zero-order valence-corrected chi connectivity index (χ0v) is 18.2. The highest BCUT2D eigenvalue weighted by atomic mass is 16.7. The molecule has 0 radical (unpaired) electrons. The minimum absolute atomic E-state index is 0.0310. The highest BCUT2D eigenvalue weighted by molar-refractivity contribution is 6.06. The molecule has 0 spiro atoms. The molecule has 2 aromatic rings. The summed E-state index contributed by atoms with van der Waals surface area (Å²) in [6.07, 6.45) is -0.0310. The lowest BCUT2D eigenvalue weighted by atomic mass is 9.72. The first kappa shape index (κ1) is 21.5. The van der Waals surface area contributed by atoms with Crippen molar-refractivity contribution >= 4 is 11.9 Å². The van der Waals surface area contributed by atoms with Gasteiger partial charge in [0, 0.05) is 13.0 Å². The molecule has 2 heterocycles. The van der Waals surface area contributed by atoms with Crippen LogP contribution in [-0.4, -0.2) is 47.4 Å². The van der Waals surface area contributed by atoms with Gasteiger partial charge in [-0.1, -0.05) is 74.5 Å². The molecule has 2 fully saturated rings. The molecule has 0 aromatic heterocycles. The highest BCUT2D eigenvalue weighted by Gasteiger charge is 2.78. The molecule has 2 aromatic carbocycles. The van der Waals surface area contributed by atoms with Crippen molar-refractivity contribution in [3.63, 3.8) is 0 Å². The molecule has 4 rings (SSSR count). The van der Waals surface area contributed by atoms with E-state index < -0.39 is 28.7 Å². The third-order valence-corrected chi connectivity index (χ3v) is 6.27. The number of ether oxygens (including phenoxy) is 2. The van der Waals surface area contributed by atoms with E-state index in [1.807, 2.05) is 74.5 Å². The van der Waals surface area contributed by atoms with Gasteiger partial charge in [0.15, 0.2) is 0 Å². The van der Waals surface area contributed by atoms with Crippen molar-refractivity contribution < 1.29 is 24.2 Å². The van der Waals surface area contributed by atoms with Gasteiger partial charge in [0.1, 0.15) is 5.60 Å². The number of hydrogen-bond acceptors (Lipinski definition) is 5. The van der Waals surface area contributed by atoms with Gasteiger partial charge in [-0.15, -0.1) is 0 Å². The maximum Gasteiger partial charge on any atom is 0.327 e. The van der Waals surface area contributed by atoms with Crippen molar-refractivity contribution in [2.75, 3.05) is 19.7 Å². The highest BCUT2D eigenvalue weighted by Crippen LogP contribution is 2.61. The van der Waals surface area contributed by atoms with Crippen molar-refractivity contribution in [3.8, 4) is 0 Å². The van der Waals surface area contributed by atoms with Crippen LogP contribution in [0, 0.1) is 11.3 Å². The third kappa shape index (κ3) is 3.17. The number of nitrogens with zero attached hydrogens (tertiary/aromatic N) is 1. The second-order valence-corrected chi connectivity index (χ2v) is 8.83. The molecule has 31 heavy (non-hydrogen) atoms. The van der Waals surface area contributed by atoms with Gasteiger partial charge in [0.25, 0.3) is 0 Å². The number of fused-ring (bicyclic) bond motifs is 1. The molecule has 6 nitrogen and oxygen atoms in total. The molecule has 1 N–H and O–H groups in total. The van der Waals surface area contributed by atoms with Gasteiger partial charge in [0.2, 0.25) is 17.1 Å². The first-order chi connectivity index (χ1) is 14.8. The normalized spacial score (nSPS) is 26.9. The van der Waals surface area contributed by atoms with Gasteiger partial charge >= 0.3 is 5.97 Å². The summed E-state index contributed by atoms with van der Waals surface area (Å²) < 4.78 is 11.8. The maximum absolute atomic E-state index is 13.7. The van der Waals surface area contributed by atoms with Gasteiger partial charge in [-0.3, -0.25) is 9.59 Å². The first-order valence-corrected chi connectivity index (χ1v) is 10.8. The number of aliphatic hydroxyl groups is 1. The zero-order valence-electron chi connectivity index (χ0n) is 18.2. The number of amides is 1. The fourth-order valence-corrected chi connectivity index (χ4v) is 5.00. The van der Waals surface area contributed by atoms with Crippen LogP contribution in [0.3, 0.4) is 0 Å². The van der Waals surface area contributed by atoms with E-state index in [4.69, 9.17) is 9.47 Å². The van der Waals surface area contributed by atoms with Gasteiger partial charge in [-0.2, -0.15) is 0 Å². The van der Waals surface area contributed by atoms with E-state index in [0.717, 1.165) is 11.1 Å². The number of hydrogen-bond donors (Lipinski definition) is 1. The van der Waals surface area contributed by atoms with Gasteiger partial charge in [0.05, 0.1) is 13.2 Å². The summed E-state index contributed by atoms with van der Waals surface area (Å²) in [5.74, 6) is -2.99. The molecular formula is C25H29NO5. The largest absolute Gasteiger partial charge is 0.465 e. The number of benzene rings is 2. The van der Waals surface area contributed by atoms with E-state index in [2.05, 4.69) is 0 Å². The number of carbonyl (C=O) groups is 2. The van der Waals surface area contributed by atoms with E-state index in [1.54, 1.807) is 6.92 Å². The van der Waals surface area contributed by atoms with Crippen LogP contribution in [0.1, 0.15) is 38.3 Å². The van der Waals surface area contributed by atoms with E-state index in [0.29, 0.717) is 6.54 Å². The number of β-amino-alcohol motifs (C(OH)–C–C–N with tert-alkyl or cyclic N) is 1. The fraction of sp³-hybridized carbons (Fsp3) is 0.440. The number of esters is 1. The smallest absolute Gasteiger partial charge is 0.327 e. The quantitative estimate of drug-likeness (QED) is 0.571. The summed E-state index contributed by atoms with van der Waals surface area (Å²) >= 11 is 0. The Morgan fingerprint density at radius 1 is 1.10 bits per heavy atom. The third-order valence-electron chi connectivity index (χ3n) is 6.27. The van der Waals surface area contributed by atoms with Crippen LogP contribution >= 0.6 is 0 Å². The van der Waals surface area contributed by atoms with Crippen LogP contribution in [-0.2, 0) is 24.7 Å². The number of rotatable bonds is 6. The molecule has 164 valence electrons. The summed E-state index contributed by atoms with van der Waals surface area (Å²) in [5.41, 5.74) is -1.44. The Hall–Kier alpha value is -2.70. The molecule has 0 aliphatic carbocycles. The van der Waals surface area contributed by atoms with Crippen molar-refractivity contribution in [1.82, 2.24) is 4.90 Å². The average Bonchev–Trinajstić information content (AvgIpc) is 3.15. The average molecular weight is 424 g/mol. The van der Waals surface area contributed by atoms with Crippen LogP contribution in [0.4, 0.5) is 0 Å². The van der Waals surface area contributed by atoms with Gasteiger partial charge in [-0.25, -0.2) is 0 Å². The zero-order chi connectivity index (χ0) is 22.3. The Labute approximate surface area is 182 Å². The number of likely N-dealkylation sites (tertiary alicyclic amines) is 1. The fourth-order valence-electron chi connectivity index (χ4n) is 5.00. The van der Waals surface area contributed by atoms with E-state index >= 15 is 0 Å². The van der Waals surface area contributed by atoms with Crippen LogP contribution in [0.5, 0.6) is 0 Å². The molecule has 2 aliphatic rings. The summed E-state index contributed by atoms with van der Waals surface area (Å²) in [6, 6.07) is 18.9. The van der Waals surface area contributed by atoms with Crippen LogP contribution < -0.4 is 0 Å². The summed E-state index contributed by atoms with van der Waals surface area (Å²) in [6.45, 7) is 6.12. The minimum atomic E-state index is -2.00. The maximum atomic E-state index is 13.7. The van der Waals surface area contributed by atoms with Crippen molar-refractivity contribution in [2.24, 2.45) is 11.3 Å². The molecule has 0 unspecified atom stereocenters. The Morgan fingerprint density at radius 2 is 1.65 bits per heavy atom. The van der Waals surface area contributed by atoms with Crippen LogP contribution in [0.15, 0.2) is 60.7 Å².